The van der Waals surface area contributed by atoms with E-state index in [4.69, 9.17) is 15.6 Å². The number of nitrogens with two attached hydrogens (primary N) is 1. The first-order chi connectivity index (χ1) is 9.13. The highest BCUT2D eigenvalue weighted by atomic mass is 16.5. The fraction of sp³-hybridized carbons (Fsp3) is 0.462. The van der Waals surface area contributed by atoms with E-state index in [9.17, 15) is 4.79 Å². The number of benzene rings is 1. The molecule has 1 aromatic carbocycles. The van der Waals surface area contributed by atoms with Gasteiger partial charge in [-0.15, -0.1) is 0 Å². The van der Waals surface area contributed by atoms with Gasteiger partial charge >= 0.3 is 0 Å². The Kier molecular flexibility index (Phi) is 6.11. The van der Waals surface area contributed by atoms with Crippen molar-refractivity contribution >= 4 is 17.3 Å². The summed E-state index contributed by atoms with van der Waals surface area (Å²) in [6.45, 7) is 1.48. The SMILES string of the molecule is CNC(=O)c1ccc(N)cc1N(CCO)CCOC. The third-order valence-electron chi connectivity index (χ3n) is 2.77. The zero-order valence-electron chi connectivity index (χ0n) is 11.3. The van der Waals surface area contributed by atoms with Crippen molar-refractivity contribution in [2.75, 3.05) is 51.1 Å². The van der Waals surface area contributed by atoms with Gasteiger partial charge in [0.25, 0.3) is 5.91 Å². The minimum absolute atomic E-state index is 0.00824. The molecule has 1 rings (SSSR count). The number of ether oxygens (including phenoxy) is 1. The van der Waals surface area contributed by atoms with Gasteiger partial charge in [0.05, 0.1) is 24.5 Å². The number of nitrogens with zero attached hydrogens (tertiary/aromatic N) is 1. The van der Waals surface area contributed by atoms with Crippen molar-refractivity contribution in [3.63, 3.8) is 0 Å². The number of aliphatic hydroxyl groups is 1. The van der Waals surface area contributed by atoms with Crippen LogP contribution in [0.1, 0.15) is 10.4 Å². The molecule has 0 aliphatic carbocycles. The van der Waals surface area contributed by atoms with Crippen molar-refractivity contribution in [3.8, 4) is 0 Å². The van der Waals surface area contributed by atoms with E-state index in [1.165, 1.54) is 0 Å². The van der Waals surface area contributed by atoms with E-state index in [2.05, 4.69) is 5.32 Å². The van der Waals surface area contributed by atoms with Gasteiger partial charge in [-0.25, -0.2) is 0 Å². The second-order valence-electron chi connectivity index (χ2n) is 4.06. The van der Waals surface area contributed by atoms with Crippen molar-refractivity contribution < 1.29 is 14.6 Å². The van der Waals surface area contributed by atoms with E-state index in [1.54, 1.807) is 32.4 Å². The molecule has 0 spiro atoms. The fourth-order valence-electron chi connectivity index (χ4n) is 1.81. The summed E-state index contributed by atoms with van der Waals surface area (Å²) in [5, 5.41) is 11.7. The van der Waals surface area contributed by atoms with Crippen molar-refractivity contribution in [3.05, 3.63) is 23.8 Å². The summed E-state index contributed by atoms with van der Waals surface area (Å²) in [6, 6.07) is 5.10. The van der Waals surface area contributed by atoms with Crippen LogP contribution < -0.4 is 16.0 Å². The Bertz CT molecular complexity index is 424. The molecule has 0 saturated carbocycles. The number of nitrogens with one attached hydrogen (secondary N) is 1. The monoisotopic (exact) mass is 267 g/mol. The lowest BCUT2D eigenvalue weighted by molar-refractivity contribution is 0.0963. The van der Waals surface area contributed by atoms with E-state index in [1.807, 2.05) is 4.90 Å². The normalized spacial score (nSPS) is 10.3. The smallest absolute Gasteiger partial charge is 0.253 e. The maximum atomic E-state index is 11.9. The maximum Gasteiger partial charge on any atom is 0.253 e. The minimum atomic E-state index is -0.185. The standard InChI is InChI=1S/C13H21N3O3/c1-15-13(18)11-4-3-10(14)9-12(11)16(5-7-17)6-8-19-2/h3-4,9,17H,5-8,14H2,1-2H3,(H,15,18). The summed E-state index contributed by atoms with van der Waals surface area (Å²) < 4.78 is 5.04. The second kappa shape index (κ2) is 7.60. The van der Waals surface area contributed by atoms with E-state index in [-0.39, 0.29) is 12.5 Å². The van der Waals surface area contributed by atoms with E-state index in [0.29, 0.717) is 36.6 Å². The molecule has 0 aliphatic heterocycles. The Morgan fingerprint density at radius 1 is 1.47 bits per heavy atom. The number of hydrogen-bond acceptors (Lipinski definition) is 5. The van der Waals surface area contributed by atoms with Crippen molar-refractivity contribution in [2.45, 2.75) is 0 Å². The lowest BCUT2D eigenvalue weighted by atomic mass is 10.1. The Balaban J connectivity index is 3.10. The third kappa shape index (κ3) is 4.11. The molecule has 4 N–H and O–H groups in total. The molecule has 0 unspecified atom stereocenters. The van der Waals surface area contributed by atoms with Crippen LogP contribution in [0.2, 0.25) is 0 Å². The van der Waals surface area contributed by atoms with E-state index >= 15 is 0 Å². The summed E-state index contributed by atoms with van der Waals surface area (Å²) in [5.74, 6) is -0.185. The van der Waals surface area contributed by atoms with Gasteiger partial charge in [0, 0.05) is 32.9 Å². The first kappa shape index (κ1) is 15.3. The highest BCUT2D eigenvalue weighted by Gasteiger charge is 2.15. The van der Waals surface area contributed by atoms with E-state index < -0.39 is 0 Å². The number of amides is 1. The molecule has 0 saturated heterocycles. The second-order valence-corrected chi connectivity index (χ2v) is 4.06. The van der Waals surface area contributed by atoms with Gasteiger partial charge in [0.15, 0.2) is 0 Å². The maximum absolute atomic E-state index is 11.9. The molecule has 0 radical (unpaired) electrons. The number of carbonyl (C=O) groups is 1. The first-order valence-electron chi connectivity index (χ1n) is 6.10. The molecular weight excluding hydrogens is 246 g/mol. The zero-order chi connectivity index (χ0) is 14.3. The highest BCUT2D eigenvalue weighted by Crippen LogP contribution is 2.23. The minimum Gasteiger partial charge on any atom is -0.399 e. The number of carbonyl (C=O) groups excluding carboxylic acids is 1. The van der Waals surface area contributed by atoms with Gasteiger partial charge in [0.1, 0.15) is 0 Å². The first-order valence-corrected chi connectivity index (χ1v) is 6.10. The molecule has 19 heavy (non-hydrogen) atoms. The quantitative estimate of drug-likeness (QED) is 0.609. The van der Waals surface area contributed by atoms with Crippen molar-refractivity contribution in [1.29, 1.82) is 0 Å². The van der Waals surface area contributed by atoms with Gasteiger partial charge in [-0.2, -0.15) is 0 Å². The molecule has 0 atom stereocenters. The molecular formula is C13H21N3O3. The highest BCUT2D eigenvalue weighted by molar-refractivity contribution is 6.00. The molecule has 6 nitrogen and oxygen atoms in total. The molecule has 0 bridgehead atoms. The van der Waals surface area contributed by atoms with Gasteiger partial charge in [0.2, 0.25) is 0 Å². The Morgan fingerprint density at radius 2 is 2.21 bits per heavy atom. The largest absolute Gasteiger partial charge is 0.399 e. The molecule has 0 aliphatic rings. The number of anilines is 2. The predicted molar refractivity (Wildman–Crippen MR) is 75.4 cm³/mol. The van der Waals surface area contributed by atoms with Crippen LogP contribution in [-0.2, 0) is 4.74 Å². The van der Waals surface area contributed by atoms with Gasteiger partial charge < -0.3 is 25.8 Å². The molecule has 0 heterocycles. The summed E-state index contributed by atoms with van der Waals surface area (Å²) in [4.78, 5) is 13.7. The van der Waals surface area contributed by atoms with Crippen LogP contribution >= 0.6 is 0 Å². The summed E-state index contributed by atoms with van der Waals surface area (Å²) >= 11 is 0. The molecule has 1 aromatic rings. The molecule has 106 valence electrons. The summed E-state index contributed by atoms with van der Waals surface area (Å²) in [7, 11) is 3.18. The fourth-order valence-corrected chi connectivity index (χ4v) is 1.81. The molecule has 6 heteroatoms. The predicted octanol–water partition coefficient (Wildman–Crippen LogP) is 0.0735. The summed E-state index contributed by atoms with van der Waals surface area (Å²) in [6.07, 6.45) is 0. The van der Waals surface area contributed by atoms with Crippen LogP contribution in [-0.4, -0.2) is 51.5 Å². The average molecular weight is 267 g/mol. The third-order valence-corrected chi connectivity index (χ3v) is 2.77. The lowest BCUT2D eigenvalue weighted by Crippen LogP contribution is -2.32. The number of nitrogen functional groups attached to an aromatic ring is 1. The summed E-state index contributed by atoms with van der Waals surface area (Å²) in [5.41, 5.74) is 7.58. The molecule has 1 amide bonds. The van der Waals surface area contributed by atoms with Gasteiger partial charge in [-0.3, -0.25) is 4.79 Å². The number of aliphatic hydroxyl groups excluding tert-OH is 1. The zero-order valence-corrected chi connectivity index (χ0v) is 11.3. The number of methoxy groups -OCH3 is 1. The van der Waals surface area contributed by atoms with Gasteiger partial charge in [-0.05, 0) is 18.2 Å². The van der Waals surface area contributed by atoms with E-state index in [0.717, 1.165) is 0 Å². The Morgan fingerprint density at radius 3 is 2.79 bits per heavy atom. The van der Waals surface area contributed by atoms with Crippen molar-refractivity contribution in [2.24, 2.45) is 0 Å². The lowest BCUT2D eigenvalue weighted by Gasteiger charge is -2.26. The van der Waals surface area contributed by atoms with Crippen LogP contribution in [0.4, 0.5) is 11.4 Å². The van der Waals surface area contributed by atoms with Crippen LogP contribution in [0.3, 0.4) is 0 Å². The van der Waals surface area contributed by atoms with Crippen LogP contribution in [0.5, 0.6) is 0 Å². The number of hydrogen-bond donors (Lipinski definition) is 3. The van der Waals surface area contributed by atoms with Crippen LogP contribution in [0.25, 0.3) is 0 Å². The molecule has 0 fully saturated rings. The number of rotatable bonds is 7. The van der Waals surface area contributed by atoms with Crippen molar-refractivity contribution in [1.82, 2.24) is 5.32 Å². The van der Waals surface area contributed by atoms with Crippen LogP contribution in [0.15, 0.2) is 18.2 Å². The van der Waals surface area contributed by atoms with Gasteiger partial charge in [-0.1, -0.05) is 0 Å². The van der Waals surface area contributed by atoms with Crippen LogP contribution in [0, 0.1) is 0 Å². The average Bonchev–Trinajstić information content (AvgIpc) is 2.42. The Hall–Kier alpha value is -1.79. The topological polar surface area (TPSA) is 87.8 Å². The Labute approximate surface area is 113 Å². The molecule has 0 aromatic heterocycles.